The highest BCUT2D eigenvalue weighted by Crippen LogP contribution is 2.22. The maximum atomic E-state index is 4.64. The molecule has 0 spiro atoms. The van der Waals surface area contributed by atoms with Crippen molar-refractivity contribution in [1.29, 1.82) is 0 Å². The molecule has 0 saturated heterocycles. The Labute approximate surface area is 110 Å². The van der Waals surface area contributed by atoms with Gasteiger partial charge in [-0.1, -0.05) is 12.8 Å². The van der Waals surface area contributed by atoms with Crippen LogP contribution in [0.3, 0.4) is 0 Å². The zero-order chi connectivity index (χ0) is 13.0. The molecule has 1 saturated carbocycles. The molecule has 1 aromatic heterocycles. The van der Waals surface area contributed by atoms with Crippen molar-refractivity contribution < 1.29 is 0 Å². The molecule has 100 valence electrons. The summed E-state index contributed by atoms with van der Waals surface area (Å²) in [5.74, 6) is 1.83. The van der Waals surface area contributed by atoms with Gasteiger partial charge in [0.1, 0.15) is 5.82 Å². The standard InChI is InChI=1S/C14H24N4/c1-4-18(5-2)14-15-11(3)10-13(17-14)16-12-8-6-7-9-12/h10,12H,4-9H2,1-3H3,(H,15,16,17). The molecule has 4 nitrogen and oxygen atoms in total. The first-order valence-electron chi connectivity index (χ1n) is 7.10. The normalized spacial score (nSPS) is 15.9. The number of hydrogen-bond acceptors (Lipinski definition) is 4. The second-order valence-corrected chi connectivity index (χ2v) is 4.99. The van der Waals surface area contributed by atoms with Gasteiger partial charge in [-0.25, -0.2) is 4.98 Å². The molecule has 0 unspecified atom stereocenters. The average molecular weight is 248 g/mol. The van der Waals surface area contributed by atoms with E-state index in [9.17, 15) is 0 Å². The van der Waals surface area contributed by atoms with Crippen molar-refractivity contribution in [2.45, 2.75) is 52.5 Å². The van der Waals surface area contributed by atoms with Gasteiger partial charge in [-0.05, 0) is 33.6 Å². The van der Waals surface area contributed by atoms with Gasteiger partial charge in [-0.15, -0.1) is 0 Å². The molecule has 0 aromatic carbocycles. The van der Waals surface area contributed by atoms with Gasteiger partial charge >= 0.3 is 0 Å². The lowest BCUT2D eigenvalue weighted by Crippen LogP contribution is -2.25. The number of aromatic nitrogens is 2. The van der Waals surface area contributed by atoms with Crippen molar-refractivity contribution in [2.75, 3.05) is 23.3 Å². The molecular weight excluding hydrogens is 224 g/mol. The highest BCUT2D eigenvalue weighted by Gasteiger charge is 2.16. The number of hydrogen-bond donors (Lipinski definition) is 1. The Morgan fingerprint density at radius 3 is 2.50 bits per heavy atom. The van der Waals surface area contributed by atoms with E-state index in [0.29, 0.717) is 6.04 Å². The third-order valence-electron chi connectivity index (χ3n) is 3.60. The zero-order valence-electron chi connectivity index (χ0n) is 11.7. The minimum absolute atomic E-state index is 0.601. The summed E-state index contributed by atoms with van der Waals surface area (Å²) in [6, 6.07) is 2.65. The zero-order valence-corrected chi connectivity index (χ0v) is 11.7. The summed E-state index contributed by atoms with van der Waals surface area (Å²) < 4.78 is 0. The van der Waals surface area contributed by atoms with Crippen LogP contribution in [0, 0.1) is 6.92 Å². The van der Waals surface area contributed by atoms with Crippen molar-refractivity contribution in [3.63, 3.8) is 0 Å². The predicted octanol–water partition coefficient (Wildman–Crippen LogP) is 2.99. The highest BCUT2D eigenvalue weighted by molar-refractivity contribution is 5.44. The lowest BCUT2D eigenvalue weighted by Gasteiger charge is -2.20. The fraction of sp³-hybridized carbons (Fsp3) is 0.714. The summed E-state index contributed by atoms with van der Waals surface area (Å²) in [7, 11) is 0. The van der Waals surface area contributed by atoms with E-state index < -0.39 is 0 Å². The Hall–Kier alpha value is -1.32. The second-order valence-electron chi connectivity index (χ2n) is 4.99. The molecule has 18 heavy (non-hydrogen) atoms. The maximum absolute atomic E-state index is 4.64. The highest BCUT2D eigenvalue weighted by atomic mass is 15.3. The third kappa shape index (κ3) is 3.12. The number of anilines is 2. The van der Waals surface area contributed by atoms with Gasteiger partial charge in [0, 0.05) is 30.9 Å². The summed E-state index contributed by atoms with van der Waals surface area (Å²) in [5.41, 5.74) is 1.03. The quantitative estimate of drug-likeness (QED) is 0.869. The molecule has 0 aliphatic heterocycles. The van der Waals surface area contributed by atoms with Gasteiger partial charge in [0.2, 0.25) is 5.95 Å². The Balaban J connectivity index is 2.14. The number of rotatable bonds is 5. The molecule has 1 N–H and O–H groups in total. The molecule has 0 bridgehead atoms. The molecular formula is C14H24N4. The van der Waals surface area contributed by atoms with Gasteiger partial charge in [0.05, 0.1) is 0 Å². The van der Waals surface area contributed by atoms with E-state index in [4.69, 9.17) is 0 Å². The molecule has 2 rings (SSSR count). The molecule has 1 aliphatic carbocycles. The van der Waals surface area contributed by atoms with Crippen LogP contribution in [-0.4, -0.2) is 29.1 Å². The molecule has 0 atom stereocenters. The van der Waals surface area contributed by atoms with Crippen molar-refractivity contribution in [2.24, 2.45) is 0 Å². The van der Waals surface area contributed by atoms with Crippen molar-refractivity contribution >= 4 is 11.8 Å². The van der Waals surface area contributed by atoms with Crippen LogP contribution in [0.5, 0.6) is 0 Å². The van der Waals surface area contributed by atoms with Crippen molar-refractivity contribution in [3.05, 3.63) is 11.8 Å². The first kappa shape index (κ1) is 13.1. The van der Waals surface area contributed by atoms with E-state index in [0.717, 1.165) is 30.5 Å². The number of nitrogens with zero attached hydrogens (tertiary/aromatic N) is 3. The van der Waals surface area contributed by atoms with E-state index >= 15 is 0 Å². The fourth-order valence-corrected chi connectivity index (χ4v) is 2.55. The van der Waals surface area contributed by atoms with Crippen LogP contribution < -0.4 is 10.2 Å². The average Bonchev–Trinajstić information content (AvgIpc) is 2.83. The monoisotopic (exact) mass is 248 g/mol. The summed E-state index contributed by atoms with van der Waals surface area (Å²) in [5, 5.41) is 3.55. The van der Waals surface area contributed by atoms with Crippen LogP contribution in [-0.2, 0) is 0 Å². The van der Waals surface area contributed by atoms with E-state index in [2.05, 4.69) is 34.0 Å². The second kappa shape index (κ2) is 6.03. The predicted molar refractivity (Wildman–Crippen MR) is 76.2 cm³/mol. The number of nitrogens with one attached hydrogen (secondary N) is 1. The molecule has 0 radical (unpaired) electrons. The minimum atomic E-state index is 0.601. The molecule has 1 aromatic rings. The lowest BCUT2D eigenvalue weighted by atomic mass is 10.2. The van der Waals surface area contributed by atoms with Crippen LogP contribution >= 0.6 is 0 Å². The van der Waals surface area contributed by atoms with E-state index in [1.165, 1.54) is 25.7 Å². The molecule has 1 fully saturated rings. The van der Waals surface area contributed by atoms with Gasteiger partial charge in [-0.2, -0.15) is 4.98 Å². The maximum Gasteiger partial charge on any atom is 0.227 e. The van der Waals surface area contributed by atoms with Crippen LogP contribution in [0.25, 0.3) is 0 Å². The van der Waals surface area contributed by atoms with Gasteiger partial charge in [0.15, 0.2) is 0 Å². The number of aryl methyl sites for hydroxylation is 1. The summed E-state index contributed by atoms with van der Waals surface area (Å²) in [4.78, 5) is 11.4. The summed E-state index contributed by atoms with van der Waals surface area (Å²) in [6.07, 6.45) is 5.21. The van der Waals surface area contributed by atoms with Gasteiger partial charge < -0.3 is 10.2 Å². The van der Waals surface area contributed by atoms with E-state index in [1.807, 2.05) is 13.0 Å². The van der Waals surface area contributed by atoms with E-state index in [1.54, 1.807) is 0 Å². The smallest absolute Gasteiger partial charge is 0.227 e. The molecule has 1 heterocycles. The largest absolute Gasteiger partial charge is 0.367 e. The van der Waals surface area contributed by atoms with Crippen LogP contribution in [0.2, 0.25) is 0 Å². The van der Waals surface area contributed by atoms with Gasteiger partial charge in [0.25, 0.3) is 0 Å². The first-order valence-corrected chi connectivity index (χ1v) is 7.10. The van der Waals surface area contributed by atoms with Crippen molar-refractivity contribution in [3.8, 4) is 0 Å². The minimum Gasteiger partial charge on any atom is -0.367 e. The topological polar surface area (TPSA) is 41.1 Å². The fourth-order valence-electron chi connectivity index (χ4n) is 2.55. The Kier molecular flexibility index (Phi) is 4.39. The van der Waals surface area contributed by atoms with Crippen molar-refractivity contribution in [1.82, 2.24) is 9.97 Å². The van der Waals surface area contributed by atoms with E-state index in [-0.39, 0.29) is 0 Å². The summed E-state index contributed by atoms with van der Waals surface area (Å²) >= 11 is 0. The van der Waals surface area contributed by atoms with Crippen LogP contribution in [0.4, 0.5) is 11.8 Å². The van der Waals surface area contributed by atoms with Crippen LogP contribution in [0.15, 0.2) is 6.07 Å². The summed E-state index contributed by atoms with van der Waals surface area (Å²) in [6.45, 7) is 8.21. The first-order chi connectivity index (χ1) is 8.72. The molecule has 4 heteroatoms. The molecule has 1 aliphatic rings. The van der Waals surface area contributed by atoms with Gasteiger partial charge in [-0.3, -0.25) is 0 Å². The lowest BCUT2D eigenvalue weighted by molar-refractivity contribution is 0.745. The SMILES string of the molecule is CCN(CC)c1nc(C)cc(NC2CCCC2)n1. The Morgan fingerprint density at radius 2 is 1.89 bits per heavy atom. The Bertz CT molecular complexity index is 381. The molecule has 0 amide bonds. The Morgan fingerprint density at radius 1 is 1.22 bits per heavy atom. The third-order valence-corrected chi connectivity index (χ3v) is 3.60. The van der Waals surface area contributed by atoms with Crippen LogP contribution in [0.1, 0.15) is 45.2 Å².